The molecule has 0 bridgehead atoms. The molecule has 0 unspecified atom stereocenters. The van der Waals surface area contributed by atoms with Gasteiger partial charge in [-0.3, -0.25) is 4.90 Å². The number of ether oxygens (including phenoxy) is 1. The van der Waals surface area contributed by atoms with Crippen molar-refractivity contribution >= 4 is 21.5 Å². The number of benzene rings is 1. The smallest absolute Gasteiger partial charge is 0.414 e. The van der Waals surface area contributed by atoms with Crippen LogP contribution in [-0.4, -0.2) is 45.2 Å². The van der Waals surface area contributed by atoms with Crippen molar-refractivity contribution in [2.24, 2.45) is 0 Å². The van der Waals surface area contributed by atoms with Crippen LogP contribution in [0.5, 0.6) is 0 Å². The standard InChI is InChI=1S/C20H25FN2O5Si/c1-19(2,3)29-28-20(4,5)16-11-26-17(22-16)14-7-6-12(8-15(14)21)23-9-13(10-24)27-18(23)25/h6-8,11,13,24H,9-10H2,1-5H3/t13-/m1/s1. The van der Waals surface area contributed by atoms with Crippen LogP contribution in [0.3, 0.4) is 0 Å². The Morgan fingerprint density at radius 1 is 1.34 bits per heavy atom. The molecule has 1 N–H and O–H groups in total. The molecule has 2 heterocycles. The molecular formula is C20H25FN2O5Si. The Balaban J connectivity index is 1.79. The first-order valence-corrected chi connectivity index (χ1v) is 10.2. The van der Waals surface area contributed by atoms with Crippen molar-refractivity contribution < 1.29 is 27.9 Å². The minimum Gasteiger partial charge on any atom is -0.444 e. The lowest BCUT2D eigenvalue weighted by Crippen LogP contribution is -2.28. The third-order valence-corrected chi connectivity index (χ3v) is 5.53. The fourth-order valence-corrected chi connectivity index (χ4v) is 3.35. The Hall–Kier alpha value is -2.23. The Morgan fingerprint density at radius 3 is 2.66 bits per heavy atom. The first kappa shape index (κ1) is 21.5. The molecule has 156 valence electrons. The van der Waals surface area contributed by atoms with Gasteiger partial charge in [0.2, 0.25) is 15.7 Å². The first-order chi connectivity index (χ1) is 13.5. The minimum atomic E-state index is -0.678. The van der Waals surface area contributed by atoms with Gasteiger partial charge < -0.3 is 18.7 Å². The zero-order valence-electron chi connectivity index (χ0n) is 17.2. The van der Waals surface area contributed by atoms with E-state index in [4.69, 9.17) is 18.7 Å². The maximum Gasteiger partial charge on any atom is 0.414 e. The van der Waals surface area contributed by atoms with Crippen molar-refractivity contribution in [2.45, 2.75) is 51.4 Å². The molecule has 29 heavy (non-hydrogen) atoms. The van der Waals surface area contributed by atoms with Crippen molar-refractivity contribution in [3.05, 3.63) is 36.0 Å². The third-order valence-electron chi connectivity index (χ3n) is 4.31. The molecule has 0 saturated carbocycles. The van der Waals surface area contributed by atoms with Crippen LogP contribution in [0, 0.1) is 5.82 Å². The maximum absolute atomic E-state index is 14.7. The molecule has 9 heteroatoms. The second-order valence-electron chi connectivity index (χ2n) is 8.47. The number of hydrogen-bond donors (Lipinski definition) is 1. The van der Waals surface area contributed by atoms with E-state index >= 15 is 0 Å². The van der Waals surface area contributed by atoms with Gasteiger partial charge in [0.15, 0.2) is 0 Å². The number of amides is 1. The van der Waals surface area contributed by atoms with Gasteiger partial charge in [0.25, 0.3) is 0 Å². The molecule has 1 fully saturated rings. The number of cyclic esters (lactones) is 1. The Labute approximate surface area is 171 Å². The Bertz CT molecular complexity index is 893. The zero-order valence-corrected chi connectivity index (χ0v) is 18.2. The fraction of sp³-hybridized carbons (Fsp3) is 0.500. The van der Waals surface area contributed by atoms with Crippen LogP contribution < -0.4 is 4.90 Å². The van der Waals surface area contributed by atoms with E-state index in [1.807, 2.05) is 13.8 Å². The SMILES string of the molecule is CC(C)(C)[Si]OC(C)(C)c1coc(-c2ccc(N3C[C@H](CO)OC3=O)cc2F)n1. The van der Waals surface area contributed by atoms with E-state index in [0.717, 1.165) is 0 Å². The van der Waals surface area contributed by atoms with Crippen LogP contribution in [0.25, 0.3) is 11.5 Å². The number of hydrogen-bond acceptors (Lipinski definition) is 6. The molecule has 2 aromatic rings. The highest BCUT2D eigenvalue weighted by atomic mass is 28.2. The number of aromatic nitrogens is 1. The molecule has 1 amide bonds. The van der Waals surface area contributed by atoms with E-state index in [1.54, 1.807) is 6.07 Å². The van der Waals surface area contributed by atoms with Gasteiger partial charge in [0.1, 0.15) is 23.9 Å². The first-order valence-electron chi connectivity index (χ1n) is 9.30. The molecule has 3 rings (SSSR count). The number of halogens is 1. The molecule has 1 saturated heterocycles. The van der Waals surface area contributed by atoms with E-state index < -0.39 is 23.6 Å². The van der Waals surface area contributed by atoms with Gasteiger partial charge in [-0.05, 0) is 37.1 Å². The quantitative estimate of drug-likeness (QED) is 0.714. The van der Waals surface area contributed by atoms with Crippen LogP contribution in [0.1, 0.15) is 40.3 Å². The summed E-state index contributed by atoms with van der Waals surface area (Å²) in [5.74, 6) is -0.441. The highest BCUT2D eigenvalue weighted by Gasteiger charge is 2.33. The third kappa shape index (κ3) is 4.85. The predicted molar refractivity (Wildman–Crippen MR) is 106 cm³/mol. The molecule has 1 aliphatic heterocycles. The van der Waals surface area contributed by atoms with Crippen molar-refractivity contribution in [3.8, 4) is 11.5 Å². The number of nitrogens with zero attached hydrogens (tertiary/aromatic N) is 2. The number of aliphatic hydroxyl groups is 1. The van der Waals surface area contributed by atoms with E-state index in [2.05, 4.69) is 25.8 Å². The summed E-state index contributed by atoms with van der Waals surface area (Å²) in [5, 5.41) is 9.16. The van der Waals surface area contributed by atoms with E-state index in [0.29, 0.717) is 11.4 Å². The topological polar surface area (TPSA) is 85.0 Å². The number of anilines is 1. The molecule has 1 atom stereocenters. The summed E-state index contributed by atoms with van der Waals surface area (Å²) in [5.41, 5.74) is 0.415. The number of aliphatic hydroxyl groups excluding tert-OH is 1. The Morgan fingerprint density at radius 2 is 2.07 bits per heavy atom. The molecule has 1 aliphatic rings. The lowest BCUT2D eigenvalue weighted by atomic mass is 10.1. The van der Waals surface area contributed by atoms with Gasteiger partial charge >= 0.3 is 6.09 Å². The summed E-state index contributed by atoms with van der Waals surface area (Å²) >= 11 is 0. The molecule has 7 nitrogen and oxygen atoms in total. The maximum atomic E-state index is 14.7. The second kappa shape index (κ2) is 7.89. The van der Waals surface area contributed by atoms with Crippen molar-refractivity contribution in [2.75, 3.05) is 18.1 Å². The molecule has 0 spiro atoms. The van der Waals surface area contributed by atoms with E-state index in [-0.39, 0.29) is 39.4 Å². The van der Waals surface area contributed by atoms with Gasteiger partial charge in [-0.15, -0.1) is 0 Å². The molecule has 2 radical (unpaired) electrons. The number of rotatable bonds is 6. The van der Waals surface area contributed by atoms with Crippen LogP contribution in [0.2, 0.25) is 5.04 Å². The molecular weight excluding hydrogens is 395 g/mol. The largest absolute Gasteiger partial charge is 0.444 e. The summed E-state index contributed by atoms with van der Waals surface area (Å²) in [7, 11) is 0.265. The Kier molecular flexibility index (Phi) is 5.84. The van der Waals surface area contributed by atoms with E-state index in [9.17, 15) is 9.18 Å². The van der Waals surface area contributed by atoms with Gasteiger partial charge in [-0.1, -0.05) is 20.8 Å². The number of carbonyl (C=O) groups excluding carboxylic acids is 1. The zero-order chi connectivity index (χ0) is 21.4. The van der Waals surface area contributed by atoms with Crippen molar-refractivity contribution in [1.29, 1.82) is 0 Å². The van der Waals surface area contributed by atoms with Crippen LogP contribution >= 0.6 is 0 Å². The summed E-state index contributed by atoms with van der Waals surface area (Å²) in [6.45, 7) is 9.93. The fourth-order valence-electron chi connectivity index (χ4n) is 2.68. The summed E-state index contributed by atoms with van der Waals surface area (Å²) in [6.07, 6.45) is 0.239. The predicted octanol–water partition coefficient (Wildman–Crippen LogP) is 3.89. The lowest BCUT2D eigenvalue weighted by Gasteiger charge is -2.27. The normalized spacial score (nSPS) is 17.7. The van der Waals surface area contributed by atoms with Gasteiger partial charge in [0, 0.05) is 0 Å². The number of carbonyl (C=O) groups is 1. The molecule has 0 aliphatic carbocycles. The van der Waals surface area contributed by atoms with Crippen molar-refractivity contribution in [1.82, 2.24) is 4.98 Å². The monoisotopic (exact) mass is 420 g/mol. The van der Waals surface area contributed by atoms with Gasteiger partial charge in [-0.2, -0.15) is 0 Å². The van der Waals surface area contributed by atoms with Crippen LogP contribution in [-0.2, 0) is 14.8 Å². The average molecular weight is 421 g/mol. The lowest BCUT2D eigenvalue weighted by molar-refractivity contribution is 0.0963. The van der Waals surface area contributed by atoms with Crippen molar-refractivity contribution in [3.63, 3.8) is 0 Å². The van der Waals surface area contributed by atoms with E-state index in [1.165, 1.54) is 23.3 Å². The summed E-state index contributed by atoms with van der Waals surface area (Å²) in [4.78, 5) is 17.6. The van der Waals surface area contributed by atoms with Crippen LogP contribution in [0.4, 0.5) is 14.9 Å². The average Bonchev–Trinajstić information content (AvgIpc) is 3.27. The summed E-state index contributed by atoms with van der Waals surface area (Å²) in [6, 6.07) is 4.32. The second-order valence-corrected chi connectivity index (χ2v) is 10.4. The number of oxazole rings is 1. The minimum absolute atomic E-state index is 0.0253. The van der Waals surface area contributed by atoms with Crippen LogP contribution in [0.15, 0.2) is 28.9 Å². The highest BCUT2D eigenvalue weighted by Crippen LogP contribution is 2.33. The van der Waals surface area contributed by atoms with Gasteiger partial charge in [-0.25, -0.2) is 14.2 Å². The summed E-state index contributed by atoms with van der Waals surface area (Å²) < 4.78 is 31.3. The van der Waals surface area contributed by atoms with Gasteiger partial charge in [0.05, 0.1) is 30.0 Å². The molecule has 1 aromatic carbocycles. The highest BCUT2D eigenvalue weighted by molar-refractivity contribution is 6.31. The molecule has 1 aromatic heterocycles.